The first kappa shape index (κ1) is 30.8. The van der Waals surface area contributed by atoms with Gasteiger partial charge in [-0.15, -0.1) is 23.4 Å². The number of para-hydroxylation sites is 1. The van der Waals surface area contributed by atoms with E-state index in [1.54, 1.807) is 23.2 Å². The van der Waals surface area contributed by atoms with Gasteiger partial charge in [0.25, 0.3) is 0 Å². The maximum Gasteiger partial charge on any atom is 0.573 e. The van der Waals surface area contributed by atoms with Crippen LogP contribution in [0, 0.1) is 0 Å². The van der Waals surface area contributed by atoms with Crippen LogP contribution >= 0.6 is 11.8 Å². The Morgan fingerprint density at radius 1 is 1.09 bits per heavy atom. The van der Waals surface area contributed by atoms with Gasteiger partial charge in [0.1, 0.15) is 5.75 Å². The molecule has 0 radical (unpaired) electrons. The molecule has 0 spiro atoms. The lowest BCUT2D eigenvalue weighted by Gasteiger charge is -2.20. The topological polar surface area (TPSA) is 117 Å². The number of thioether (sulfide) groups is 1. The molecule has 0 unspecified atom stereocenters. The summed E-state index contributed by atoms with van der Waals surface area (Å²) in [5.41, 5.74) is 3.72. The SMILES string of the molecule is CC(C)c1ccccc1N1C(=O)CSC1=NN=Cc1ccc(-c2nc(NCCO)n(-c3ccc(OC(F)(F)F)cc3)n2)cc1. The first-order chi connectivity index (χ1) is 21.1. The lowest BCUT2D eigenvalue weighted by Crippen LogP contribution is -2.30. The van der Waals surface area contributed by atoms with Gasteiger partial charge in [0.15, 0.2) is 11.0 Å². The minimum Gasteiger partial charge on any atom is -0.406 e. The average Bonchev–Trinajstić information content (AvgIpc) is 3.59. The Bertz CT molecular complexity index is 1670. The number of amides is 1. The maximum atomic E-state index is 12.7. The number of carbonyl (C=O) groups excluding carboxylic acids is 1. The van der Waals surface area contributed by atoms with Crippen molar-refractivity contribution < 1.29 is 27.8 Å². The molecule has 1 saturated heterocycles. The van der Waals surface area contributed by atoms with Gasteiger partial charge in [-0.3, -0.25) is 9.69 Å². The molecule has 14 heteroatoms. The molecule has 0 saturated carbocycles. The molecule has 3 aromatic carbocycles. The van der Waals surface area contributed by atoms with Gasteiger partial charge < -0.3 is 15.2 Å². The molecule has 228 valence electrons. The molecule has 0 aliphatic carbocycles. The van der Waals surface area contributed by atoms with Crippen molar-refractivity contribution in [2.45, 2.75) is 26.1 Å². The number of ether oxygens (including phenoxy) is 1. The van der Waals surface area contributed by atoms with Crippen molar-refractivity contribution in [3.8, 4) is 22.8 Å². The second-order valence-corrected chi connectivity index (χ2v) is 10.8. The summed E-state index contributed by atoms with van der Waals surface area (Å²) in [6.45, 7) is 4.18. The zero-order chi connectivity index (χ0) is 31.3. The number of aliphatic hydroxyl groups excluding tert-OH is 1. The molecule has 4 aromatic rings. The smallest absolute Gasteiger partial charge is 0.406 e. The number of hydrogen-bond acceptors (Lipinski definition) is 9. The summed E-state index contributed by atoms with van der Waals surface area (Å²) in [6, 6.07) is 20.2. The van der Waals surface area contributed by atoms with Gasteiger partial charge in [-0.2, -0.15) is 14.8 Å². The molecular formula is C30H28F3N7O3S. The highest BCUT2D eigenvalue weighted by Gasteiger charge is 2.32. The highest BCUT2D eigenvalue weighted by molar-refractivity contribution is 8.15. The van der Waals surface area contributed by atoms with E-state index in [0.717, 1.165) is 16.8 Å². The molecule has 1 aliphatic heterocycles. The zero-order valence-corrected chi connectivity index (χ0v) is 24.5. The van der Waals surface area contributed by atoms with Gasteiger partial charge in [-0.1, -0.05) is 68.1 Å². The second kappa shape index (κ2) is 13.3. The number of aliphatic hydroxyl groups is 1. The van der Waals surface area contributed by atoms with Gasteiger partial charge in [0.05, 0.1) is 29.9 Å². The second-order valence-electron chi connectivity index (χ2n) is 9.84. The van der Waals surface area contributed by atoms with Crippen molar-refractivity contribution in [2.24, 2.45) is 10.2 Å². The number of amidine groups is 1. The monoisotopic (exact) mass is 623 g/mol. The predicted octanol–water partition coefficient (Wildman–Crippen LogP) is 5.83. The highest BCUT2D eigenvalue weighted by atomic mass is 32.2. The number of hydrogen-bond donors (Lipinski definition) is 2. The Kier molecular flexibility index (Phi) is 9.30. The first-order valence-electron chi connectivity index (χ1n) is 13.6. The Labute approximate surface area is 255 Å². The number of rotatable bonds is 10. The van der Waals surface area contributed by atoms with Crippen LogP contribution in [0.3, 0.4) is 0 Å². The van der Waals surface area contributed by atoms with Gasteiger partial charge >= 0.3 is 6.36 Å². The van der Waals surface area contributed by atoms with E-state index in [1.807, 2.05) is 36.4 Å². The van der Waals surface area contributed by atoms with Crippen LogP contribution in [-0.4, -0.2) is 62.4 Å². The van der Waals surface area contributed by atoms with Gasteiger partial charge in [-0.25, -0.2) is 0 Å². The largest absolute Gasteiger partial charge is 0.573 e. The van der Waals surface area contributed by atoms with Crippen molar-refractivity contribution in [2.75, 3.05) is 29.1 Å². The highest BCUT2D eigenvalue weighted by Crippen LogP contribution is 2.33. The van der Waals surface area contributed by atoms with Crippen LogP contribution in [0.4, 0.5) is 24.8 Å². The number of alkyl halides is 3. The van der Waals surface area contributed by atoms with E-state index in [9.17, 15) is 23.1 Å². The maximum absolute atomic E-state index is 12.7. The number of nitrogens with one attached hydrogen (secondary N) is 1. The molecule has 5 rings (SSSR count). The Hall–Kier alpha value is -4.69. The fraction of sp³-hybridized carbons (Fsp3) is 0.233. The van der Waals surface area contributed by atoms with E-state index in [-0.39, 0.29) is 36.5 Å². The molecule has 2 heterocycles. The van der Waals surface area contributed by atoms with Crippen LogP contribution in [0.1, 0.15) is 30.9 Å². The number of benzene rings is 3. The number of anilines is 2. The van der Waals surface area contributed by atoms with Gasteiger partial charge in [0.2, 0.25) is 11.9 Å². The van der Waals surface area contributed by atoms with Crippen molar-refractivity contribution >= 4 is 40.7 Å². The van der Waals surface area contributed by atoms with E-state index in [4.69, 9.17) is 0 Å². The van der Waals surface area contributed by atoms with Crippen LogP contribution in [0.5, 0.6) is 5.75 Å². The van der Waals surface area contributed by atoms with Gasteiger partial charge in [0, 0.05) is 12.1 Å². The fourth-order valence-electron chi connectivity index (χ4n) is 4.40. The minimum atomic E-state index is -4.80. The average molecular weight is 624 g/mol. The third-order valence-corrected chi connectivity index (χ3v) is 7.31. The molecule has 1 aromatic heterocycles. The van der Waals surface area contributed by atoms with E-state index in [1.165, 1.54) is 40.7 Å². The van der Waals surface area contributed by atoms with Crippen LogP contribution < -0.4 is 15.0 Å². The van der Waals surface area contributed by atoms with Gasteiger partial charge in [-0.05, 0) is 47.4 Å². The zero-order valence-electron chi connectivity index (χ0n) is 23.7. The van der Waals surface area contributed by atoms with Crippen molar-refractivity contribution in [3.05, 3.63) is 83.9 Å². The van der Waals surface area contributed by atoms with Crippen molar-refractivity contribution in [1.82, 2.24) is 14.8 Å². The number of aromatic nitrogens is 3. The standard InChI is InChI=1S/C30H28F3N7O3S/c1-19(2)24-5-3-4-6-25(24)39-26(42)18-44-29(39)37-35-17-20-7-9-21(10-8-20)27-36-28(34-15-16-41)40(38-27)22-11-13-23(14-12-22)43-30(31,32)33/h3-14,17,19,41H,15-16,18H2,1-2H3,(H,34,36,38). The summed E-state index contributed by atoms with van der Waals surface area (Å²) >= 11 is 1.33. The van der Waals surface area contributed by atoms with Crippen LogP contribution in [0.2, 0.25) is 0 Å². The molecule has 0 bridgehead atoms. The lowest BCUT2D eigenvalue weighted by atomic mass is 10.0. The normalized spacial score (nSPS) is 14.8. The van der Waals surface area contributed by atoms with E-state index < -0.39 is 6.36 Å². The Morgan fingerprint density at radius 3 is 2.50 bits per heavy atom. The summed E-state index contributed by atoms with van der Waals surface area (Å²) in [7, 11) is 0. The van der Waals surface area contributed by atoms with Crippen LogP contribution in [0.25, 0.3) is 17.1 Å². The molecular weight excluding hydrogens is 595 g/mol. The Balaban J connectivity index is 1.34. The first-order valence-corrected chi connectivity index (χ1v) is 14.6. The number of nitrogens with zero attached hydrogens (tertiary/aromatic N) is 6. The van der Waals surface area contributed by atoms with E-state index >= 15 is 0 Å². The molecule has 10 nitrogen and oxygen atoms in total. The van der Waals surface area contributed by atoms with Crippen LogP contribution in [-0.2, 0) is 4.79 Å². The summed E-state index contributed by atoms with van der Waals surface area (Å²) in [5.74, 6) is 0.758. The summed E-state index contributed by atoms with van der Waals surface area (Å²) in [4.78, 5) is 18.8. The Morgan fingerprint density at radius 2 is 1.82 bits per heavy atom. The quantitative estimate of drug-likeness (QED) is 0.169. The third-order valence-electron chi connectivity index (χ3n) is 6.40. The summed E-state index contributed by atoms with van der Waals surface area (Å²) < 4.78 is 43.0. The summed E-state index contributed by atoms with van der Waals surface area (Å²) in [6.07, 6.45) is -3.22. The number of carbonyl (C=O) groups is 1. The molecule has 1 fully saturated rings. The van der Waals surface area contributed by atoms with Crippen molar-refractivity contribution in [1.29, 1.82) is 0 Å². The molecule has 1 amide bonds. The van der Waals surface area contributed by atoms with E-state index in [2.05, 4.69) is 44.2 Å². The fourth-order valence-corrected chi connectivity index (χ4v) is 5.22. The van der Waals surface area contributed by atoms with Crippen LogP contribution in [0.15, 0.2) is 83.0 Å². The minimum absolute atomic E-state index is 0.0493. The lowest BCUT2D eigenvalue weighted by molar-refractivity contribution is -0.274. The van der Waals surface area contributed by atoms with Crippen molar-refractivity contribution in [3.63, 3.8) is 0 Å². The third kappa shape index (κ3) is 7.26. The predicted molar refractivity (Wildman–Crippen MR) is 165 cm³/mol. The molecule has 44 heavy (non-hydrogen) atoms. The number of halogens is 3. The molecule has 0 atom stereocenters. The van der Waals surface area contributed by atoms with E-state index in [0.29, 0.717) is 28.2 Å². The molecule has 1 aliphatic rings. The molecule has 2 N–H and O–H groups in total. The summed E-state index contributed by atoms with van der Waals surface area (Å²) in [5, 5.41) is 25.8.